The highest BCUT2D eigenvalue weighted by Gasteiger charge is 2.10. The maximum Gasteiger partial charge on any atom is 0.161 e. The minimum Gasteiger partial charge on any atom is -0.253 e. The van der Waals surface area contributed by atoms with Gasteiger partial charge in [-0.3, -0.25) is 4.98 Å². The van der Waals surface area contributed by atoms with Crippen LogP contribution in [0.15, 0.2) is 18.2 Å². The van der Waals surface area contributed by atoms with Crippen molar-refractivity contribution in [1.82, 2.24) is 4.98 Å². The number of halogens is 3. The summed E-state index contributed by atoms with van der Waals surface area (Å²) >= 11 is 6.04. The van der Waals surface area contributed by atoms with Gasteiger partial charge in [0.2, 0.25) is 0 Å². The van der Waals surface area contributed by atoms with Crippen LogP contribution in [-0.4, -0.2) is 4.98 Å². The van der Waals surface area contributed by atoms with E-state index in [1.165, 1.54) is 0 Å². The summed E-state index contributed by atoms with van der Waals surface area (Å²) in [5.41, 5.74) is 1.19. The van der Waals surface area contributed by atoms with Gasteiger partial charge < -0.3 is 0 Å². The van der Waals surface area contributed by atoms with Crippen LogP contribution in [0.1, 0.15) is 19.5 Å². The summed E-state index contributed by atoms with van der Waals surface area (Å²) in [5.74, 6) is -1.37. The first kappa shape index (κ1) is 12.2. The number of nitrogens with zero attached hydrogens (tertiary/aromatic N) is 1. The van der Waals surface area contributed by atoms with Crippen molar-refractivity contribution >= 4 is 22.5 Å². The molecule has 1 aromatic heterocycles. The summed E-state index contributed by atoms with van der Waals surface area (Å²) in [6.07, 6.45) is 0.759. The van der Waals surface area contributed by atoms with Crippen molar-refractivity contribution in [3.8, 4) is 0 Å². The highest BCUT2D eigenvalue weighted by atomic mass is 35.5. The van der Waals surface area contributed by atoms with Crippen LogP contribution < -0.4 is 0 Å². The van der Waals surface area contributed by atoms with Gasteiger partial charge in [0, 0.05) is 17.1 Å². The van der Waals surface area contributed by atoms with Crippen LogP contribution >= 0.6 is 11.6 Å². The van der Waals surface area contributed by atoms with Crippen molar-refractivity contribution in [2.45, 2.75) is 20.3 Å². The number of hydrogen-bond donors (Lipinski definition) is 0. The molecule has 4 heteroatoms. The van der Waals surface area contributed by atoms with Gasteiger partial charge in [-0.15, -0.1) is 0 Å². The first-order valence-electron chi connectivity index (χ1n) is 5.41. The smallest absolute Gasteiger partial charge is 0.161 e. The molecule has 90 valence electrons. The number of pyridine rings is 1. The fraction of sp³-hybridized carbons (Fsp3) is 0.308. The molecule has 0 fully saturated rings. The minimum atomic E-state index is -0.905. The molecule has 0 spiro atoms. The predicted octanol–water partition coefficient (Wildman–Crippen LogP) is 4.36. The number of aromatic nitrogens is 1. The van der Waals surface area contributed by atoms with Crippen molar-refractivity contribution in [3.05, 3.63) is 40.6 Å². The zero-order chi connectivity index (χ0) is 12.6. The Morgan fingerprint density at radius 2 is 1.82 bits per heavy atom. The lowest BCUT2D eigenvalue weighted by molar-refractivity contribution is 0.510. The minimum absolute atomic E-state index is 0.395. The molecule has 0 aliphatic carbocycles. The average Bonchev–Trinajstić information content (AvgIpc) is 2.20. The van der Waals surface area contributed by atoms with E-state index in [2.05, 4.69) is 18.8 Å². The molecule has 0 aliphatic rings. The van der Waals surface area contributed by atoms with Gasteiger partial charge in [0.1, 0.15) is 0 Å². The first-order valence-corrected chi connectivity index (χ1v) is 5.79. The van der Waals surface area contributed by atoms with Gasteiger partial charge >= 0.3 is 0 Å². The third-order valence-electron chi connectivity index (χ3n) is 2.47. The zero-order valence-corrected chi connectivity index (χ0v) is 10.4. The standard InChI is InChI=1S/C13H12ClF2N/c1-7(2)3-8-4-10(14)9-5-11(15)12(16)6-13(9)17-8/h4-7H,3H2,1-2H3. The van der Waals surface area contributed by atoms with E-state index in [4.69, 9.17) is 11.6 Å². The first-order chi connectivity index (χ1) is 7.97. The molecule has 2 aromatic rings. The van der Waals surface area contributed by atoms with Crippen molar-refractivity contribution in [2.75, 3.05) is 0 Å². The summed E-state index contributed by atoms with van der Waals surface area (Å²) < 4.78 is 26.2. The van der Waals surface area contributed by atoms with Crippen molar-refractivity contribution in [2.24, 2.45) is 5.92 Å². The van der Waals surface area contributed by atoms with E-state index in [1.54, 1.807) is 6.07 Å². The van der Waals surface area contributed by atoms with E-state index >= 15 is 0 Å². The van der Waals surface area contributed by atoms with E-state index in [0.29, 0.717) is 21.8 Å². The van der Waals surface area contributed by atoms with Crippen LogP contribution in [0.3, 0.4) is 0 Å². The van der Waals surface area contributed by atoms with Crippen LogP contribution in [0.25, 0.3) is 10.9 Å². The predicted molar refractivity (Wildman–Crippen MR) is 65.2 cm³/mol. The molecule has 0 aliphatic heterocycles. The molecule has 0 amide bonds. The molecule has 0 saturated carbocycles. The molecular weight excluding hydrogens is 244 g/mol. The monoisotopic (exact) mass is 255 g/mol. The van der Waals surface area contributed by atoms with Crippen LogP contribution in [0.5, 0.6) is 0 Å². The average molecular weight is 256 g/mol. The molecule has 0 saturated heterocycles. The van der Waals surface area contributed by atoms with E-state index in [9.17, 15) is 8.78 Å². The van der Waals surface area contributed by atoms with Gasteiger partial charge in [-0.25, -0.2) is 8.78 Å². The Hall–Kier alpha value is -1.22. The van der Waals surface area contributed by atoms with Crippen LogP contribution in [0, 0.1) is 17.6 Å². The fourth-order valence-corrected chi connectivity index (χ4v) is 2.03. The lowest BCUT2D eigenvalue weighted by atomic mass is 10.1. The maximum absolute atomic E-state index is 13.1. The number of benzene rings is 1. The molecule has 0 atom stereocenters. The highest BCUT2D eigenvalue weighted by molar-refractivity contribution is 6.35. The molecular formula is C13H12ClF2N. The third-order valence-corrected chi connectivity index (χ3v) is 2.78. The molecule has 0 N–H and O–H groups in total. The second-order valence-electron chi connectivity index (χ2n) is 4.48. The molecule has 17 heavy (non-hydrogen) atoms. The van der Waals surface area contributed by atoms with E-state index in [0.717, 1.165) is 24.2 Å². The van der Waals surface area contributed by atoms with Crippen LogP contribution in [0.4, 0.5) is 8.78 Å². The maximum atomic E-state index is 13.1. The fourth-order valence-electron chi connectivity index (χ4n) is 1.75. The lowest BCUT2D eigenvalue weighted by Gasteiger charge is -2.07. The number of rotatable bonds is 2. The van der Waals surface area contributed by atoms with E-state index < -0.39 is 11.6 Å². The molecule has 0 bridgehead atoms. The SMILES string of the molecule is CC(C)Cc1cc(Cl)c2cc(F)c(F)cc2n1. The molecule has 0 radical (unpaired) electrons. The van der Waals surface area contributed by atoms with Crippen molar-refractivity contribution in [1.29, 1.82) is 0 Å². The second-order valence-corrected chi connectivity index (χ2v) is 4.88. The van der Waals surface area contributed by atoms with Crippen LogP contribution in [0.2, 0.25) is 5.02 Å². The van der Waals surface area contributed by atoms with Gasteiger partial charge in [0.05, 0.1) is 10.5 Å². The third kappa shape index (κ3) is 2.55. The van der Waals surface area contributed by atoms with Gasteiger partial charge in [-0.05, 0) is 24.5 Å². The number of hydrogen-bond acceptors (Lipinski definition) is 1. The molecule has 0 unspecified atom stereocenters. The summed E-state index contributed by atoms with van der Waals surface area (Å²) in [7, 11) is 0. The van der Waals surface area contributed by atoms with Gasteiger partial charge in [0.25, 0.3) is 0 Å². The van der Waals surface area contributed by atoms with Gasteiger partial charge in [0.15, 0.2) is 11.6 Å². The van der Waals surface area contributed by atoms with Gasteiger partial charge in [-0.1, -0.05) is 25.4 Å². The topological polar surface area (TPSA) is 12.9 Å². The summed E-state index contributed by atoms with van der Waals surface area (Å²) in [4.78, 5) is 4.29. The molecule has 1 heterocycles. The van der Waals surface area contributed by atoms with Crippen molar-refractivity contribution in [3.63, 3.8) is 0 Å². The van der Waals surface area contributed by atoms with E-state index in [1.807, 2.05) is 0 Å². The van der Waals surface area contributed by atoms with Crippen molar-refractivity contribution < 1.29 is 8.78 Å². The molecule has 1 nitrogen and oxygen atoms in total. The Balaban J connectivity index is 2.60. The van der Waals surface area contributed by atoms with Gasteiger partial charge in [-0.2, -0.15) is 0 Å². The lowest BCUT2D eigenvalue weighted by Crippen LogP contribution is -1.98. The summed E-state index contributed by atoms with van der Waals surface area (Å²) in [6, 6.07) is 3.88. The Morgan fingerprint density at radius 1 is 1.18 bits per heavy atom. The quantitative estimate of drug-likeness (QED) is 0.777. The summed E-state index contributed by atoms with van der Waals surface area (Å²) in [6.45, 7) is 4.12. The zero-order valence-electron chi connectivity index (χ0n) is 9.60. The highest BCUT2D eigenvalue weighted by Crippen LogP contribution is 2.26. The molecule has 1 aromatic carbocycles. The Bertz CT molecular complexity index is 567. The number of fused-ring (bicyclic) bond motifs is 1. The second kappa shape index (κ2) is 4.57. The largest absolute Gasteiger partial charge is 0.253 e. The Kier molecular flexibility index (Phi) is 3.29. The summed E-state index contributed by atoms with van der Waals surface area (Å²) in [5, 5.41) is 0.850. The normalized spacial score (nSPS) is 11.4. The Labute approximate surface area is 103 Å². The Morgan fingerprint density at radius 3 is 2.47 bits per heavy atom. The van der Waals surface area contributed by atoms with E-state index in [-0.39, 0.29) is 0 Å². The van der Waals surface area contributed by atoms with Crippen LogP contribution in [-0.2, 0) is 6.42 Å². The molecule has 2 rings (SSSR count).